The van der Waals surface area contributed by atoms with Crippen LogP contribution in [0.15, 0.2) is 24.3 Å². The van der Waals surface area contributed by atoms with Crippen LogP contribution in [0.5, 0.6) is 12.0 Å². The van der Waals surface area contributed by atoms with Gasteiger partial charge in [0.25, 0.3) is 6.01 Å². The molecule has 0 unspecified atom stereocenters. The van der Waals surface area contributed by atoms with E-state index >= 15 is 0 Å². The van der Waals surface area contributed by atoms with Crippen molar-refractivity contribution < 1.29 is 19.0 Å². The maximum absolute atomic E-state index is 12.1. The number of aromatic nitrogens is 4. The molecule has 1 aliphatic rings. The third kappa shape index (κ3) is 8.80. The summed E-state index contributed by atoms with van der Waals surface area (Å²) < 4.78 is 18.6. The van der Waals surface area contributed by atoms with E-state index in [0.717, 1.165) is 89.5 Å². The summed E-state index contributed by atoms with van der Waals surface area (Å²) in [5.41, 5.74) is 9.77. The van der Waals surface area contributed by atoms with Crippen molar-refractivity contribution in [3.05, 3.63) is 35.4 Å². The zero-order valence-corrected chi connectivity index (χ0v) is 25.6. The van der Waals surface area contributed by atoms with Crippen LogP contribution in [0.2, 0.25) is 0 Å². The molecule has 2 aromatic heterocycles. The zero-order valence-electron chi connectivity index (χ0n) is 25.6. The van der Waals surface area contributed by atoms with Crippen LogP contribution in [-0.4, -0.2) is 70.3 Å². The molecule has 1 aliphatic heterocycles. The van der Waals surface area contributed by atoms with Crippen LogP contribution in [0.3, 0.4) is 0 Å². The Morgan fingerprint density at radius 3 is 2.50 bits per heavy atom. The lowest BCUT2D eigenvalue weighted by Gasteiger charge is -2.32. The van der Waals surface area contributed by atoms with Gasteiger partial charge in [-0.1, -0.05) is 57.4 Å². The number of aryl methyl sites for hydroxylation is 1. The van der Waals surface area contributed by atoms with Crippen LogP contribution in [0.25, 0.3) is 11.2 Å². The standard InChI is InChI=1S/C32H48N6O4/c1-4-6-20-41-27(39)23-24-12-11-13-26(22-24)25-14-18-37(19-15-25)16-9-8-10-17-38-30-28(34-32(38)40-3)29(33)35-31(36-30)42-21-7-5-2/h11-13,22,25H,4-10,14-21,23H2,1-3H3,(H2,33,35,36). The first-order chi connectivity index (χ1) is 20.5. The van der Waals surface area contributed by atoms with Crippen molar-refractivity contribution in [2.24, 2.45) is 0 Å². The number of nitrogens with zero attached hydrogens (tertiary/aromatic N) is 5. The second-order valence-corrected chi connectivity index (χ2v) is 11.2. The van der Waals surface area contributed by atoms with Crippen molar-refractivity contribution in [1.82, 2.24) is 24.4 Å². The SMILES string of the molecule is CCCCOC(=O)Cc1cccc(C2CCN(CCCCCn3c(OC)nc4c(N)nc(OCCCC)nc43)CC2)c1. The minimum atomic E-state index is -0.131. The highest BCUT2D eigenvalue weighted by Crippen LogP contribution is 2.29. The number of hydrogen-bond donors (Lipinski definition) is 1. The van der Waals surface area contributed by atoms with Gasteiger partial charge in [-0.3, -0.25) is 9.36 Å². The summed E-state index contributed by atoms with van der Waals surface area (Å²) in [7, 11) is 1.61. The van der Waals surface area contributed by atoms with Crippen molar-refractivity contribution in [2.75, 3.05) is 45.7 Å². The molecule has 0 atom stereocenters. The van der Waals surface area contributed by atoms with Gasteiger partial charge in [-0.2, -0.15) is 15.0 Å². The fourth-order valence-electron chi connectivity index (χ4n) is 5.49. The van der Waals surface area contributed by atoms with Gasteiger partial charge >= 0.3 is 12.0 Å². The maximum Gasteiger partial charge on any atom is 0.320 e. The van der Waals surface area contributed by atoms with Gasteiger partial charge in [0.15, 0.2) is 17.0 Å². The van der Waals surface area contributed by atoms with Gasteiger partial charge in [-0.15, -0.1) is 0 Å². The molecule has 0 radical (unpaired) electrons. The highest BCUT2D eigenvalue weighted by Gasteiger charge is 2.21. The Kier molecular flexibility index (Phi) is 12.2. The third-order valence-electron chi connectivity index (χ3n) is 7.95. The Balaban J connectivity index is 1.21. The number of carbonyl (C=O) groups excluding carboxylic acids is 1. The predicted molar refractivity (Wildman–Crippen MR) is 165 cm³/mol. The number of nitrogen functional groups attached to an aromatic ring is 1. The molecule has 230 valence electrons. The van der Waals surface area contributed by atoms with E-state index in [9.17, 15) is 4.79 Å². The minimum absolute atomic E-state index is 0.131. The molecule has 0 bridgehead atoms. The third-order valence-corrected chi connectivity index (χ3v) is 7.95. The Bertz CT molecular complexity index is 1270. The highest BCUT2D eigenvalue weighted by molar-refractivity contribution is 5.83. The van der Waals surface area contributed by atoms with Gasteiger partial charge in [0.2, 0.25) is 0 Å². The molecule has 3 aromatic rings. The van der Waals surface area contributed by atoms with Crippen LogP contribution in [0.1, 0.15) is 88.7 Å². The van der Waals surface area contributed by atoms with E-state index in [0.29, 0.717) is 48.5 Å². The lowest BCUT2D eigenvalue weighted by molar-refractivity contribution is -0.142. The molecule has 0 spiro atoms. The average molecular weight is 581 g/mol. The van der Waals surface area contributed by atoms with Crippen LogP contribution in [-0.2, 0) is 22.5 Å². The molecule has 4 rings (SSSR count). The largest absolute Gasteiger partial charge is 0.468 e. The fourth-order valence-corrected chi connectivity index (χ4v) is 5.49. The van der Waals surface area contributed by atoms with Crippen molar-refractivity contribution in [3.8, 4) is 12.0 Å². The molecular formula is C32H48N6O4. The first-order valence-electron chi connectivity index (χ1n) is 15.7. The first kappa shape index (κ1) is 31.5. The number of piperidine rings is 1. The van der Waals surface area contributed by atoms with Crippen LogP contribution in [0, 0.1) is 0 Å². The van der Waals surface area contributed by atoms with Crippen LogP contribution < -0.4 is 15.2 Å². The number of benzene rings is 1. The van der Waals surface area contributed by atoms with Gasteiger partial charge in [-0.25, -0.2) is 0 Å². The molecule has 3 heterocycles. The van der Waals surface area contributed by atoms with Crippen molar-refractivity contribution in [3.63, 3.8) is 0 Å². The molecule has 0 aliphatic carbocycles. The number of esters is 1. The summed E-state index contributed by atoms with van der Waals surface area (Å²) in [6.07, 6.45) is 9.78. The molecule has 1 saturated heterocycles. The van der Waals surface area contributed by atoms with Crippen LogP contribution >= 0.6 is 0 Å². The summed E-state index contributed by atoms with van der Waals surface area (Å²) in [5, 5.41) is 0. The van der Waals surface area contributed by atoms with Gasteiger partial charge in [0.1, 0.15) is 0 Å². The maximum atomic E-state index is 12.1. The number of imidazole rings is 1. The summed E-state index contributed by atoms with van der Waals surface area (Å²) in [6, 6.07) is 9.31. The quantitative estimate of drug-likeness (QED) is 0.162. The van der Waals surface area contributed by atoms with Gasteiger partial charge < -0.3 is 24.8 Å². The molecule has 10 heteroatoms. The van der Waals surface area contributed by atoms with E-state index in [1.54, 1.807) is 7.11 Å². The summed E-state index contributed by atoms with van der Waals surface area (Å²) in [5.74, 6) is 0.724. The average Bonchev–Trinajstić information content (AvgIpc) is 3.36. The highest BCUT2D eigenvalue weighted by atomic mass is 16.5. The predicted octanol–water partition coefficient (Wildman–Crippen LogP) is 5.53. The number of ether oxygens (including phenoxy) is 3. The molecular weight excluding hydrogens is 532 g/mol. The van der Waals surface area contributed by atoms with E-state index in [1.165, 1.54) is 5.56 Å². The van der Waals surface area contributed by atoms with Crippen molar-refractivity contribution in [1.29, 1.82) is 0 Å². The van der Waals surface area contributed by atoms with Crippen molar-refractivity contribution >= 4 is 23.0 Å². The van der Waals surface area contributed by atoms with E-state index in [2.05, 4.69) is 51.9 Å². The number of unbranched alkanes of at least 4 members (excludes halogenated alkanes) is 4. The second-order valence-electron chi connectivity index (χ2n) is 11.2. The molecule has 42 heavy (non-hydrogen) atoms. The molecule has 0 amide bonds. The zero-order chi connectivity index (χ0) is 29.7. The topological polar surface area (TPSA) is 118 Å². The monoisotopic (exact) mass is 580 g/mol. The molecule has 10 nitrogen and oxygen atoms in total. The van der Waals surface area contributed by atoms with Crippen molar-refractivity contribution in [2.45, 2.75) is 90.5 Å². The minimum Gasteiger partial charge on any atom is -0.468 e. The first-order valence-corrected chi connectivity index (χ1v) is 15.7. The number of carbonyl (C=O) groups is 1. The fraction of sp³-hybridized carbons (Fsp3) is 0.625. The molecule has 2 N–H and O–H groups in total. The Morgan fingerprint density at radius 2 is 1.74 bits per heavy atom. The van der Waals surface area contributed by atoms with Gasteiger partial charge in [0, 0.05) is 6.54 Å². The number of rotatable bonds is 17. The number of likely N-dealkylation sites (tertiary alicyclic amines) is 1. The summed E-state index contributed by atoms with van der Waals surface area (Å²) in [6.45, 7) is 9.33. The Morgan fingerprint density at radius 1 is 0.976 bits per heavy atom. The Hall–Kier alpha value is -3.40. The lowest BCUT2D eigenvalue weighted by atomic mass is 9.88. The number of methoxy groups -OCH3 is 1. The smallest absolute Gasteiger partial charge is 0.320 e. The van der Waals surface area contributed by atoms with Gasteiger partial charge in [0.05, 0.1) is 26.7 Å². The normalized spacial score (nSPS) is 14.4. The van der Waals surface area contributed by atoms with Gasteiger partial charge in [-0.05, 0) is 75.2 Å². The number of nitrogens with two attached hydrogens (primary N) is 1. The van der Waals surface area contributed by atoms with E-state index in [1.807, 2.05) is 10.6 Å². The lowest BCUT2D eigenvalue weighted by Crippen LogP contribution is -2.33. The number of anilines is 1. The summed E-state index contributed by atoms with van der Waals surface area (Å²) >= 11 is 0. The van der Waals surface area contributed by atoms with E-state index < -0.39 is 0 Å². The van der Waals surface area contributed by atoms with E-state index in [4.69, 9.17) is 19.9 Å². The number of hydrogen-bond acceptors (Lipinski definition) is 9. The van der Waals surface area contributed by atoms with E-state index in [-0.39, 0.29) is 12.0 Å². The molecule has 1 aromatic carbocycles. The molecule has 1 fully saturated rings. The van der Waals surface area contributed by atoms with Crippen LogP contribution in [0.4, 0.5) is 5.82 Å². The second kappa shape index (κ2) is 16.3. The summed E-state index contributed by atoms with van der Waals surface area (Å²) in [4.78, 5) is 28.1. The molecule has 0 saturated carbocycles. The Labute approximate surface area is 250 Å². The number of fused-ring (bicyclic) bond motifs is 1.